The Kier molecular flexibility index (Phi) is 5.54. The van der Waals surface area contributed by atoms with Crippen molar-refractivity contribution in [3.05, 3.63) is 105 Å². The van der Waals surface area contributed by atoms with Crippen LogP contribution >= 0.6 is 11.8 Å². The van der Waals surface area contributed by atoms with Gasteiger partial charge in [0.05, 0.1) is 17.4 Å². The molecular weight excluding hydrogens is 376 g/mol. The molecule has 0 aliphatic rings. The van der Waals surface area contributed by atoms with Gasteiger partial charge in [0.1, 0.15) is 0 Å². The van der Waals surface area contributed by atoms with Gasteiger partial charge < -0.3 is 0 Å². The van der Waals surface area contributed by atoms with E-state index in [4.69, 9.17) is 4.98 Å². The fourth-order valence-electron chi connectivity index (χ4n) is 3.37. The second-order valence-electron chi connectivity index (χ2n) is 7.51. The summed E-state index contributed by atoms with van der Waals surface area (Å²) in [6.07, 6.45) is 0. The maximum Gasteiger partial charge on any atom is 0.262 e. The first-order chi connectivity index (χ1) is 14.0. The number of hydrogen-bond acceptors (Lipinski definition) is 3. The normalized spacial score (nSPS) is 11.1. The molecule has 3 nitrogen and oxygen atoms in total. The molecule has 4 rings (SSSR count). The van der Waals surface area contributed by atoms with Crippen molar-refractivity contribution in [1.82, 2.24) is 9.55 Å². The largest absolute Gasteiger partial charge is 0.283 e. The van der Waals surface area contributed by atoms with Crippen molar-refractivity contribution < 1.29 is 0 Å². The summed E-state index contributed by atoms with van der Waals surface area (Å²) < 4.78 is 1.81. The zero-order chi connectivity index (χ0) is 20.4. The minimum absolute atomic E-state index is 0.0136. The van der Waals surface area contributed by atoms with Crippen LogP contribution in [0.3, 0.4) is 0 Å². The highest BCUT2D eigenvalue weighted by Crippen LogP contribution is 2.25. The molecule has 0 saturated heterocycles. The molecule has 0 bridgehead atoms. The number of fused-ring (bicyclic) bond motifs is 1. The number of nitrogens with zero attached hydrogens (tertiary/aromatic N) is 2. The summed E-state index contributed by atoms with van der Waals surface area (Å²) in [5.74, 6) is 0.784. The van der Waals surface area contributed by atoms with Gasteiger partial charge in [-0.05, 0) is 49.6 Å². The Hall–Kier alpha value is -2.85. The Morgan fingerprint density at radius 1 is 0.897 bits per heavy atom. The zero-order valence-electron chi connectivity index (χ0n) is 17.0. The van der Waals surface area contributed by atoms with E-state index in [-0.39, 0.29) is 5.56 Å². The standard InChI is InChI=1S/C25H24N2OS/c1-17-9-12-20(13-10-17)15-27-24(28)22-6-4-5-7-23(22)26-25(27)29-16-21-14-18(2)8-11-19(21)3/h4-14H,15-16H2,1-3H3. The minimum Gasteiger partial charge on any atom is -0.283 e. The first-order valence-corrected chi connectivity index (χ1v) is 10.7. The Morgan fingerprint density at radius 2 is 1.62 bits per heavy atom. The highest BCUT2D eigenvalue weighted by Gasteiger charge is 2.13. The van der Waals surface area contributed by atoms with Crippen LogP contribution in [0.4, 0.5) is 0 Å². The molecule has 0 atom stereocenters. The SMILES string of the molecule is Cc1ccc(Cn2c(SCc3cc(C)ccc3C)nc3ccccc3c2=O)cc1. The van der Waals surface area contributed by atoms with Gasteiger partial charge in [-0.3, -0.25) is 9.36 Å². The number of para-hydroxylation sites is 1. The van der Waals surface area contributed by atoms with Gasteiger partial charge in [-0.1, -0.05) is 77.5 Å². The summed E-state index contributed by atoms with van der Waals surface area (Å²) in [6, 6.07) is 22.4. The van der Waals surface area contributed by atoms with Crippen molar-refractivity contribution in [2.75, 3.05) is 0 Å². The van der Waals surface area contributed by atoms with Crippen LogP contribution in [-0.4, -0.2) is 9.55 Å². The summed E-state index contributed by atoms with van der Waals surface area (Å²) in [4.78, 5) is 18.1. The van der Waals surface area contributed by atoms with Gasteiger partial charge in [-0.15, -0.1) is 0 Å². The topological polar surface area (TPSA) is 34.9 Å². The predicted molar refractivity (Wildman–Crippen MR) is 122 cm³/mol. The summed E-state index contributed by atoms with van der Waals surface area (Å²) in [6.45, 7) is 6.82. The molecule has 1 aromatic heterocycles. The Labute approximate surface area is 175 Å². The molecule has 4 aromatic rings. The maximum absolute atomic E-state index is 13.3. The van der Waals surface area contributed by atoms with Gasteiger partial charge in [-0.25, -0.2) is 4.98 Å². The van der Waals surface area contributed by atoms with Crippen LogP contribution in [0.25, 0.3) is 10.9 Å². The van der Waals surface area contributed by atoms with Crippen molar-refractivity contribution in [3.8, 4) is 0 Å². The van der Waals surface area contributed by atoms with Gasteiger partial charge >= 0.3 is 0 Å². The van der Waals surface area contributed by atoms with Crippen LogP contribution in [0.2, 0.25) is 0 Å². The zero-order valence-corrected chi connectivity index (χ0v) is 17.8. The third kappa shape index (κ3) is 4.28. The molecule has 1 heterocycles. The molecule has 0 aliphatic carbocycles. The number of aryl methyl sites for hydroxylation is 3. The Morgan fingerprint density at radius 3 is 2.41 bits per heavy atom. The van der Waals surface area contributed by atoms with Crippen molar-refractivity contribution in [2.24, 2.45) is 0 Å². The highest BCUT2D eigenvalue weighted by molar-refractivity contribution is 7.98. The summed E-state index contributed by atoms with van der Waals surface area (Å²) in [5, 5.41) is 1.42. The molecule has 0 amide bonds. The van der Waals surface area contributed by atoms with Crippen LogP contribution in [-0.2, 0) is 12.3 Å². The van der Waals surface area contributed by atoms with E-state index in [2.05, 4.69) is 63.2 Å². The molecule has 0 aliphatic heterocycles. The average Bonchev–Trinajstić information content (AvgIpc) is 2.72. The lowest BCUT2D eigenvalue weighted by Gasteiger charge is -2.14. The quantitative estimate of drug-likeness (QED) is 0.320. The van der Waals surface area contributed by atoms with Gasteiger partial charge in [0.2, 0.25) is 0 Å². The van der Waals surface area contributed by atoms with Gasteiger partial charge in [0.15, 0.2) is 5.16 Å². The molecule has 3 aromatic carbocycles. The third-order valence-corrected chi connectivity index (χ3v) is 6.17. The lowest BCUT2D eigenvalue weighted by Crippen LogP contribution is -2.24. The number of thioether (sulfide) groups is 1. The van der Waals surface area contributed by atoms with Crippen molar-refractivity contribution in [2.45, 2.75) is 38.2 Å². The molecule has 29 heavy (non-hydrogen) atoms. The number of benzene rings is 3. The van der Waals surface area contributed by atoms with Crippen LogP contribution in [0.15, 0.2) is 76.7 Å². The Bertz CT molecular complexity index is 1230. The van der Waals surface area contributed by atoms with E-state index in [1.807, 2.05) is 28.8 Å². The molecule has 0 saturated carbocycles. The van der Waals surface area contributed by atoms with E-state index in [1.165, 1.54) is 22.3 Å². The number of rotatable bonds is 5. The highest BCUT2D eigenvalue weighted by atomic mass is 32.2. The van der Waals surface area contributed by atoms with Crippen LogP contribution in [0, 0.1) is 20.8 Å². The lowest BCUT2D eigenvalue weighted by atomic mass is 10.1. The Balaban J connectivity index is 1.75. The summed E-state index contributed by atoms with van der Waals surface area (Å²) in [5.41, 5.74) is 6.86. The van der Waals surface area contributed by atoms with Crippen molar-refractivity contribution in [1.29, 1.82) is 0 Å². The van der Waals surface area contributed by atoms with E-state index in [9.17, 15) is 4.79 Å². The molecule has 4 heteroatoms. The molecule has 0 fully saturated rings. The van der Waals surface area contributed by atoms with Crippen LogP contribution < -0.4 is 5.56 Å². The fraction of sp³-hybridized carbons (Fsp3) is 0.200. The average molecular weight is 401 g/mol. The predicted octanol–water partition coefficient (Wildman–Crippen LogP) is 5.66. The first kappa shape index (κ1) is 19.5. The van der Waals surface area contributed by atoms with E-state index in [0.717, 1.165) is 22.0 Å². The second-order valence-corrected chi connectivity index (χ2v) is 8.45. The molecule has 0 radical (unpaired) electrons. The molecule has 0 unspecified atom stereocenters. The minimum atomic E-state index is 0.0136. The van der Waals surface area contributed by atoms with Crippen LogP contribution in [0.1, 0.15) is 27.8 Å². The van der Waals surface area contributed by atoms with Crippen LogP contribution in [0.5, 0.6) is 0 Å². The van der Waals surface area contributed by atoms with E-state index < -0.39 is 0 Å². The summed E-state index contributed by atoms with van der Waals surface area (Å²) in [7, 11) is 0. The van der Waals surface area contributed by atoms with Gasteiger partial charge in [0, 0.05) is 5.75 Å². The van der Waals surface area contributed by atoms with E-state index in [0.29, 0.717) is 11.9 Å². The third-order valence-electron chi connectivity index (χ3n) is 5.15. The molecule has 0 spiro atoms. The molecule has 0 N–H and O–H groups in total. The van der Waals surface area contributed by atoms with Gasteiger partial charge in [0.25, 0.3) is 5.56 Å². The molecule has 146 valence electrons. The van der Waals surface area contributed by atoms with E-state index >= 15 is 0 Å². The first-order valence-electron chi connectivity index (χ1n) is 9.75. The second kappa shape index (κ2) is 8.26. The fourth-order valence-corrected chi connectivity index (χ4v) is 4.43. The summed E-state index contributed by atoms with van der Waals surface area (Å²) >= 11 is 1.63. The number of aromatic nitrogens is 2. The van der Waals surface area contributed by atoms with Gasteiger partial charge in [-0.2, -0.15) is 0 Å². The maximum atomic E-state index is 13.3. The van der Waals surface area contributed by atoms with E-state index in [1.54, 1.807) is 11.8 Å². The smallest absolute Gasteiger partial charge is 0.262 e. The van der Waals surface area contributed by atoms with Crippen molar-refractivity contribution in [3.63, 3.8) is 0 Å². The monoisotopic (exact) mass is 400 g/mol. The molecular formula is C25H24N2OS. The lowest BCUT2D eigenvalue weighted by molar-refractivity contribution is 0.658. The number of hydrogen-bond donors (Lipinski definition) is 0. The van der Waals surface area contributed by atoms with Crippen molar-refractivity contribution >= 4 is 22.7 Å².